The summed E-state index contributed by atoms with van der Waals surface area (Å²) in [6.07, 6.45) is -0.523. The molecule has 1 aromatic heterocycles. The van der Waals surface area contributed by atoms with E-state index in [0.29, 0.717) is 15.7 Å². The number of hydrogen-bond donors (Lipinski definition) is 1. The second-order valence-electron chi connectivity index (χ2n) is 4.29. The smallest absolute Gasteiger partial charge is 0.127 e. The Balaban J connectivity index is 2.21. The van der Waals surface area contributed by atoms with E-state index in [-0.39, 0.29) is 12.2 Å². The fourth-order valence-corrected chi connectivity index (χ4v) is 2.28. The summed E-state index contributed by atoms with van der Waals surface area (Å²) in [5.74, 6) is -0.317. The molecule has 0 bridgehead atoms. The third-order valence-electron chi connectivity index (χ3n) is 2.81. The number of aryl methyl sites for hydroxylation is 2. The first-order valence-corrected chi connectivity index (χ1v) is 6.39. The number of hydrogen-bond acceptors (Lipinski definition) is 2. The Labute approximate surface area is 113 Å². The summed E-state index contributed by atoms with van der Waals surface area (Å²) in [5.41, 5.74) is 2.02. The molecule has 5 heteroatoms. The highest BCUT2D eigenvalue weighted by Crippen LogP contribution is 2.22. The molecule has 0 amide bonds. The summed E-state index contributed by atoms with van der Waals surface area (Å²) in [6, 6.07) is 6.64. The van der Waals surface area contributed by atoms with Crippen molar-refractivity contribution in [2.75, 3.05) is 0 Å². The van der Waals surface area contributed by atoms with Crippen LogP contribution in [0.5, 0.6) is 0 Å². The van der Waals surface area contributed by atoms with Gasteiger partial charge in [-0.3, -0.25) is 4.68 Å². The molecular weight excluding hydrogens is 299 g/mol. The van der Waals surface area contributed by atoms with E-state index in [1.54, 1.807) is 29.9 Å². The highest BCUT2D eigenvalue weighted by atomic mass is 79.9. The molecule has 1 atom stereocenters. The van der Waals surface area contributed by atoms with E-state index in [2.05, 4.69) is 21.0 Å². The van der Waals surface area contributed by atoms with Crippen molar-refractivity contribution < 1.29 is 9.50 Å². The molecule has 0 saturated carbocycles. The third kappa shape index (κ3) is 2.79. The Kier molecular flexibility index (Phi) is 3.82. The van der Waals surface area contributed by atoms with Crippen LogP contribution in [-0.4, -0.2) is 14.9 Å². The van der Waals surface area contributed by atoms with Gasteiger partial charge in [-0.15, -0.1) is 0 Å². The summed E-state index contributed by atoms with van der Waals surface area (Å²) in [5, 5.41) is 14.3. The molecular formula is C13H14BrFN2O. The maximum Gasteiger partial charge on any atom is 0.127 e. The van der Waals surface area contributed by atoms with Gasteiger partial charge in [0.2, 0.25) is 0 Å². The molecule has 1 heterocycles. The van der Waals surface area contributed by atoms with Gasteiger partial charge < -0.3 is 5.11 Å². The number of rotatable bonds is 3. The molecule has 0 spiro atoms. The quantitative estimate of drug-likeness (QED) is 0.946. The Bertz CT molecular complexity index is 568. The first kappa shape index (κ1) is 13.2. The van der Waals surface area contributed by atoms with Crippen molar-refractivity contribution in [1.29, 1.82) is 0 Å². The number of nitrogens with zero attached hydrogens (tertiary/aromatic N) is 2. The van der Waals surface area contributed by atoms with Crippen LogP contribution < -0.4 is 0 Å². The van der Waals surface area contributed by atoms with Crippen molar-refractivity contribution >= 4 is 15.9 Å². The normalized spacial score (nSPS) is 12.7. The van der Waals surface area contributed by atoms with Gasteiger partial charge in [0.25, 0.3) is 0 Å². The van der Waals surface area contributed by atoms with Gasteiger partial charge in [-0.05, 0) is 30.7 Å². The Morgan fingerprint density at radius 2 is 2.17 bits per heavy atom. The van der Waals surface area contributed by atoms with E-state index in [1.807, 2.05) is 6.92 Å². The van der Waals surface area contributed by atoms with Crippen LogP contribution in [-0.2, 0) is 13.5 Å². The largest absolute Gasteiger partial charge is 0.386 e. The van der Waals surface area contributed by atoms with Crippen molar-refractivity contribution in [3.05, 3.63) is 51.5 Å². The van der Waals surface area contributed by atoms with E-state index in [4.69, 9.17) is 0 Å². The Hall–Kier alpha value is -1.20. The minimum absolute atomic E-state index is 0.234. The molecule has 0 radical (unpaired) electrons. The van der Waals surface area contributed by atoms with Gasteiger partial charge in [-0.2, -0.15) is 5.10 Å². The molecule has 1 aromatic carbocycles. The van der Waals surface area contributed by atoms with Crippen LogP contribution in [0, 0.1) is 12.7 Å². The summed E-state index contributed by atoms with van der Waals surface area (Å²) in [7, 11) is 1.77. The number of aliphatic hydroxyl groups excluding tert-OH is 1. The van der Waals surface area contributed by atoms with Crippen LogP contribution in [0.3, 0.4) is 0 Å². The minimum atomic E-state index is -0.758. The van der Waals surface area contributed by atoms with Crippen molar-refractivity contribution in [2.24, 2.45) is 7.05 Å². The molecule has 1 unspecified atom stereocenters. The topological polar surface area (TPSA) is 38.0 Å². The zero-order valence-electron chi connectivity index (χ0n) is 10.2. The highest BCUT2D eigenvalue weighted by Gasteiger charge is 2.15. The fourth-order valence-electron chi connectivity index (χ4n) is 1.94. The minimum Gasteiger partial charge on any atom is -0.386 e. The van der Waals surface area contributed by atoms with Gasteiger partial charge in [0, 0.05) is 17.9 Å². The first-order chi connectivity index (χ1) is 8.47. The molecule has 2 rings (SSSR count). The monoisotopic (exact) mass is 312 g/mol. The van der Waals surface area contributed by atoms with E-state index in [0.717, 1.165) is 5.69 Å². The zero-order chi connectivity index (χ0) is 13.3. The standard InChI is InChI=1S/C13H14BrFN2O/c1-8-5-12(17(2)16-8)13(18)6-9-3-4-10(14)7-11(9)15/h3-5,7,13,18H,6H2,1-2H3. The van der Waals surface area contributed by atoms with Crippen LogP contribution in [0.2, 0.25) is 0 Å². The predicted molar refractivity (Wildman–Crippen MR) is 70.7 cm³/mol. The molecule has 0 fully saturated rings. The van der Waals surface area contributed by atoms with Crippen LogP contribution in [0.25, 0.3) is 0 Å². The summed E-state index contributed by atoms with van der Waals surface area (Å²) in [4.78, 5) is 0. The van der Waals surface area contributed by atoms with Gasteiger partial charge in [0.05, 0.1) is 17.5 Å². The lowest BCUT2D eigenvalue weighted by Crippen LogP contribution is -2.08. The molecule has 0 aliphatic heterocycles. The number of aromatic nitrogens is 2. The van der Waals surface area contributed by atoms with Crippen LogP contribution in [0.1, 0.15) is 23.1 Å². The summed E-state index contributed by atoms with van der Waals surface area (Å²) >= 11 is 3.21. The zero-order valence-corrected chi connectivity index (χ0v) is 11.8. The first-order valence-electron chi connectivity index (χ1n) is 5.60. The van der Waals surface area contributed by atoms with E-state index < -0.39 is 6.10 Å². The summed E-state index contributed by atoms with van der Waals surface area (Å²) in [6.45, 7) is 1.86. The Morgan fingerprint density at radius 3 is 2.72 bits per heavy atom. The lowest BCUT2D eigenvalue weighted by atomic mass is 10.0. The SMILES string of the molecule is Cc1cc(C(O)Cc2ccc(Br)cc2F)n(C)n1. The van der Waals surface area contributed by atoms with Crippen molar-refractivity contribution in [2.45, 2.75) is 19.4 Å². The molecule has 0 saturated heterocycles. The third-order valence-corrected chi connectivity index (χ3v) is 3.30. The lowest BCUT2D eigenvalue weighted by molar-refractivity contribution is 0.167. The van der Waals surface area contributed by atoms with Gasteiger partial charge in [0.15, 0.2) is 0 Å². The molecule has 96 valence electrons. The van der Waals surface area contributed by atoms with Crippen molar-refractivity contribution in [1.82, 2.24) is 9.78 Å². The molecule has 18 heavy (non-hydrogen) atoms. The van der Waals surface area contributed by atoms with Gasteiger partial charge in [-0.25, -0.2) is 4.39 Å². The molecule has 0 aliphatic carbocycles. The van der Waals surface area contributed by atoms with Gasteiger partial charge in [0.1, 0.15) is 5.82 Å². The van der Waals surface area contributed by atoms with Crippen LogP contribution >= 0.6 is 15.9 Å². The van der Waals surface area contributed by atoms with Crippen LogP contribution in [0.4, 0.5) is 4.39 Å². The second-order valence-corrected chi connectivity index (χ2v) is 5.21. The number of aliphatic hydroxyl groups is 1. The average molecular weight is 313 g/mol. The molecule has 2 aromatic rings. The molecule has 0 aliphatic rings. The average Bonchev–Trinajstić information content (AvgIpc) is 2.62. The van der Waals surface area contributed by atoms with Crippen molar-refractivity contribution in [3.63, 3.8) is 0 Å². The maximum absolute atomic E-state index is 13.7. The lowest BCUT2D eigenvalue weighted by Gasteiger charge is -2.11. The maximum atomic E-state index is 13.7. The highest BCUT2D eigenvalue weighted by molar-refractivity contribution is 9.10. The predicted octanol–water partition coefficient (Wildman–Crippen LogP) is 2.91. The number of halogens is 2. The summed E-state index contributed by atoms with van der Waals surface area (Å²) < 4.78 is 16.0. The second kappa shape index (κ2) is 5.20. The molecule has 3 nitrogen and oxygen atoms in total. The fraction of sp³-hybridized carbons (Fsp3) is 0.308. The number of benzene rings is 1. The molecule has 1 N–H and O–H groups in total. The van der Waals surface area contributed by atoms with E-state index in [9.17, 15) is 9.50 Å². The Morgan fingerprint density at radius 1 is 1.44 bits per heavy atom. The van der Waals surface area contributed by atoms with E-state index in [1.165, 1.54) is 6.07 Å². The van der Waals surface area contributed by atoms with Gasteiger partial charge in [-0.1, -0.05) is 22.0 Å². The van der Waals surface area contributed by atoms with E-state index >= 15 is 0 Å². The van der Waals surface area contributed by atoms with Crippen molar-refractivity contribution in [3.8, 4) is 0 Å². The van der Waals surface area contributed by atoms with Crippen LogP contribution in [0.15, 0.2) is 28.7 Å². The van der Waals surface area contributed by atoms with Gasteiger partial charge >= 0.3 is 0 Å².